The number of carbonyl (C=O) groups is 1. The number of nitrogens with zero attached hydrogens (tertiary/aromatic N) is 1. The predicted octanol–water partition coefficient (Wildman–Crippen LogP) is 4.02. The molecule has 0 radical (unpaired) electrons. The number of carbonyl (C=O) groups excluding carboxylic acids is 1. The molecular weight excluding hydrogens is 336 g/mol. The minimum atomic E-state index is -1.14. The largest absolute Gasteiger partial charge is 0.382 e. The third kappa shape index (κ3) is 4.50. The van der Waals surface area contributed by atoms with Crippen LogP contribution in [0.3, 0.4) is 0 Å². The van der Waals surface area contributed by atoms with E-state index in [2.05, 4.69) is 18.2 Å². The molecule has 1 fully saturated rings. The lowest BCUT2D eigenvalue weighted by atomic mass is 9.84. The fourth-order valence-corrected chi connectivity index (χ4v) is 4.34. The van der Waals surface area contributed by atoms with Gasteiger partial charge in [-0.25, -0.2) is 0 Å². The highest BCUT2D eigenvalue weighted by Gasteiger charge is 2.31. The van der Waals surface area contributed by atoms with E-state index in [1.54, 1.807) is 11.9 Å². The predicted molar refractivity (Wildman–Crippen MR) is 110 cm³/mol. The number of benzene rings is 2. The second-order valence-corrected chi connectivity index (χ2v) is 8.04. The van der Waals surface area contributed by atoms with Crippen molar-refractivity contribution in [2.45, 2.75) is 63.6 Å². The minimum Gasteiger partial charge on any atom is -0.382 e. The van der Waals surface area contributed by atoms with Crippen LogP contribution >= 0.6 is 0 Å². The van der Waals surface area contributed by atoms with Gasteiger partial charge >= 0.3 is 0 Å². The SMILES string of the molecule is C[C@@H](c1cccc2ccccc12)N(C)C(=O)C(O)[C@H](N)CC1CCCCC1. The first-order valence-corrected chi connectivity index (χ1v) is 10.2. The molecule has 1 unspecified atom stereocenters. The van der Waals surface area contributed by atoms with Crippen molar-refractivity contribution in [3.8, 4) is 0 Å². The maximum absolute atomic E-state index is 12.9. The molecule has 1 aliphatic rings. The van der Waals surface area contributed by atoms with Crippen molar-refractivity contribution in [3.05, 3.63) is 48.0 Å². The van der Waals surface area contributed by atoms with Gasteiger partial charge in [0.25, 0.3) is 5.91 Å². The number of aliphatic hydroxyl groups excluding tert-OH is 1. The van der Waals surface area contributed by atoms with Crippen molar-refractivity contribution in [3.63, 3.8) is 0 Å². The van der Waals surface area contributed by atoms with Gasteiger partial charge in [0.2, 0.25) is 0 Å². The van der Waals surface area contributed by atoms with Crippen molar-refractivity contribution in [1.29, 1.82) is 0 Å². The Hall–Kier alpha value is -1.91. The average Bonchev–Trinajstić information content (AvgIpc) is 2.71. The normalized spacial score (nSPS) is 18.8. The van der Waals surface area contributed by atoms with Crippen LogP contribution < -0.4 is 5.73 Å². The van der Waals surface area contributed by atoms with E-state index >= 15 is 0 Å². The summed E-state index contributed by atoms with van der Waals surface area (Å²) in [5, 5.41) is 12.9. The first-order valence-electron chi connectivity index (χ1n) is 10.2. The van der Waals surface area contributed by atoms with Gasteiger partial charge in [-0.15, -0.1) is 0 Å². The number of rotatable bonds is 6. The van der Waals surface area contributed by atoms with E-state index in [0.29, 0.717) is 5.92 Å². The average molecular weight is 369 g/mol. The smallest absolute Gasteiger partial charge is 0.253 e. The molecule has 146 valence electrons. The monoisotopic (exact) mass is 368 g/mol. The number of likely N-dealkylation sites (N-methyl/N-ethyl adjacent to an activating group) is 1. The standard InChI is InChI=1S/C23H32N2O2/c1-16(19-14-8-12-18-11-6-7-13-20(18)19)25(2)23(27)22(26)21(24)15-17-9-4-3-5-10-17/h6-8,11-14,16-17,21-22,26H,3-5,9-10,15,24H2,1-2H3/t16-,21+,22?/m0/s1. The zero-order valence-electron chi connectivity index (χ0n) is 16.5. The van der Waals surface area contributed by atoms with Crippen molar-refractivity contribution >= 4 is 16.7 Å². The van der Waals surface area contributed by atoms with E-state index in [1.165, 1.54) is 19.3 Å². The van der Waals surface area contributed by atoms with Gasteiger partial charge < -0.3 is 15.7 Å². The van der Waals surface area contributed by atoms with E-state index in [0.717, 1.165) is 35.6 Å². The van der Waals surface area contributed by atoms with Crippen molar-refractivity contribution in [2.75, 3.05) is 7.05 Å². The van der Waals surface area contributed by atoms with E-state index in [1.807, 2.05) is 31.2 Å². The molecule has 4 nitrogen and oxygen atoms in total. The quantitative estimate of drug-likeness (QED) is 0.809. The van der Waals surface area contributed by atoms with E-state index < -0.39 is 12.1 Å². The lowest BCUT2D eigenvalue weighted by Crippen LogP contribution is -2.48. The molecule has 2 aromatic rings. The van der Waals surface area contributed by atoms with Crippen LogP contribution in [0.5, 0.6) is 0 Å². The van der Waals surface area contributed by atoms with Gasteiger partial charge in [-0.05, 0) is 35.6 Å². The van der Waals surface area contributed by atoms with Crippen LogP contribution in [0.25, 0.3) is 10.8 Å². The highest BCUT2D eigenvalue weighted by molar-refractivity contribution is 5.87. The van der Waals surface area contributed by atoms with E-state index in [4.69, 9.17) is 5.73 Å². The zero-order chi connectivity index (χ0) is 19.4. The maximum Gasteiger partial charge on any atom is 0.253 e. The van der Waals surface area contributed by atoms with Crippen LogP contribution in [-0.4, -0.2) is 35.1 Å². The number of fused-ring (bicyclic) bond motifs is 1. The van der Waals surface area contributed by atoms with Crippen LogP contribution in [0.1, 0.15) is 57.1 Å². The highest BCUT2D eigenvalue weighted by atomic mass is 16.3. The Bertz CT molecular complexity index is 765. The summed E-state index contributed by atoms with van der Waals surface area (Å²) in [6, 6.07) is 13.7. The van der Waals surface area contributed by atoms with Gasteiger partial charge in [-0.2, -0.15) is 0 Å². The summed E-state index contributed by atoms with van der Waals surface area (Å²) in [5.41, 5.74) is 7.30. The molecule has 1 amide bonds. The fraction of sp³-hybridized carbons (Fsp3) is 0.522. The molecule has 3 rings (SSSR count). The minimum absolute atomic E-state index is 0.139. The molecular formula is C23H32N2O2. The maximum atomic E-state index is 12.9. The first-order chi connectivity index (χ1) is 13.0. The third-order valence-electron chi connectivity index (χ3n) is 6.19. The van der Waals surface area contributed by atoms with Gasteiger partial charge in [0.05, 0.1) is 6.04 Å². The van der Waals surface area contributed by atoms with Crippen molar-refractivity contribution < 1.29 is 9.90 Å². The van der Waals surface area contributed by atoms with Crippen molar-refractivity contribution in [1.82, 2.24) is 4.90 Å². The molecule has 1 saturated carbocycles. The number of amides is 1. The lowest BCUT2D eigenvalue weighted by Gasteiger charge is -2.31. The Morgan fingerprint density at radius 2 is 1.81 bits per heavy atom. The van der Waals surface area contributed by atoms with Gasteiger partial charge in [0.1, 0.15) is 6.10 Å². The molecule has 3 N–H and O–H groups in total. The number of aliphatic hydroxyl groups is 1. The van der Waals surface area contributed by atoms with Crippen LogP contribution in [0.15, 0.2) is 42.5 Å². The highest BCUT2D eigenvalue weighted by Crippen LogP contribution is 2.30. The summed E-state index contributed by atoms with van der Waals surface area (Å²) in [4.78, 5) is 14.5. The number of hydrogen-bond acceptors (Lipinski definition) is 3. The Kier molecular flexibility index (Phi) is 6.51. The topological polar surface area (TPSA) is 66.6 Å². The van der Waals surface area contributed by atoms with E-state index in [-0.39, 0.29) is 11.9 Å². The number of nitrogens with two attached hydrogens (primary N) is 1. The summed E-state index contributed by atoms with van der Waals surface area (Å²) in [6.45, 7) is 2.00. The molecule has 3 atom stereocenters. The molecule has 1 aliphatic carbocycles. The summed E-state index contributed by atoms with van der Waals surface area (Å²) >= 11 is 0. The summed E-state index contributed by atoms with van der Waals surface area (Å²) in [7, 11) is 1.76. The fourth-order valence-electron chi connectivity index (χ4n) is 4.34. The van der Waals surface area contributed by atoms with Crippen LogP contribution in [0.4, 0.5) is 0 Å². The molecule has 0 aliphatic heterocycles. The molecule has 0 aromatic heterocycles. The van der Waals surface area contributed by atoms with Gasteiger partial charge in [-0.1, -0.05) is 74.6 Å². The summed E-state index contributed by atoms with van der Waals surface area (Å²) < 4.78 is 0. The van der Waals surface area contributed by atoms with Crippen LogP contribution in [0.2, 0.25) is 0 Å². The Balaban J connectivity index is 1.69. The second-order valence-electron chi connectivity index (χ2n) is 8.04. The molecule has 27 heavy (non-hydrogen) atoms. The van der Waals surface area contributed by atoms with Crippen molar-refractivity contribution in [2.24, 2.45) is 11.7 Å². The van der Waals surface area contributed by atoms with E-state index in [9.17, 15) is 9.90 Å². The third-order valence-corrected chi connectivity index (χ3v) is 6.19. The summed E-state index contributed by atoms with van der Waals surface area (Å²) in [6.07, 6.45) is 5.67. The van der Waals surface area contributed by atoms with Gasteiger partial charge in [-0.3, -0.25) is 4.79 Å². The summed E-state index contributed by atoms with van der Waals surface area (Å²) in [5.74, 6) is 0.246. The van der Waals surface area contributed by atoms with Gasteiger partial charge in [0.15, 0.2) is 0 Å². The van der Waals surface area contributed by atoms with Gasteiger partial charge in [0, 0.05) is 13.1 Å². The lowest BCUT2D eigenvalue weighted by molar-refractivity contribution is -0.142. The molecule has 0 spiro atoms. The van der Waals surface area contributed by atoms with Crippen LogP contribution in [-0.2, 0) is 4.79 Å². The molecule has 4 heteroatoms. The molecule has 2 aromatic carbocycles. The second kappa shape index (κ2) is 8.85. The molecule has 0 bridgehead atoms. The Morgan fingerprint density at radius 3 is 2.56 bits per heavy atom. The van der Waals surface area contributed by atoms with Crippen LogP contribution in [0, 0.1) is 5.92 Å². The molecule has 0 heterocycles. The Morgan fingerprint density at radius 1 is 1.15 bits per heavy atom. The number of hydrogen-bond donors (Lipinski definition) is 2. The first kappa shape index (κ1) is 19.8. The molecule has 0 saturated heterocycles. The zero-order valence-corrected chi connectivity index (χ0v) is 16.5. The Labute approximate surface area is 162 Å².